The van der Waals surface area contributed by atoms with Crippen molar-refractivity contribution in [3.8, 4) is 6.07 Å². The van der Waals surface area contributed by atoms with E-state index in [2.05, 4.69) is 26.7 Å². The highest BCUT2D eigenvalue weighted by Gasteiger charge is 2.07. The van der Waals surface area contributed by atoms with E-state index in [9.17, 15) is 0 Å². The Morgan fingerprint density at radius 3 is 3.05 bits per heavy atom. The van der Waals surface area contributed by atoms with E-state index in [-0.39, 0.29) is 0 Å². The molecule has 3 aromatic rings. The van der Waals surface area contributed by atoms with Gasteiger partial charge in [-0.25, -0.2) is 0 Å². The number of aromatic nitrogens is 5. The summed E-state index contributed by atoms with van der Waals surface area (Å²) in [6.45, 7) is 0.649. The highest BCUT2D eigenvalue weighted by Crippen LogP contribution is 2.13. The molecule has 1 aromatic carbocycles. The number of anilines is 1. The third kappa shape index (κ3) is 2.27. The van der Waals surface area contributed by atoms with Crippen LogP contribution in [0.25, 0.3) is 5.65 Å². The SMILES string of the molecule is CN(Cc1cccc(C#N)c1)c1ccc2nnnn2n1. The third-order valence-corrected chi connectivity index (χ3v) is 2.92. The number of fused-ring (bicyclic) bond motifs is 1. The lowest BCUT2D eigenvalue weighted by atomic mass is 10.1. The Labute approximate surface area is 115 Å². The first kappa shape index (κ1) is 12.0. The average Bonchev–Trinajstić information content (AvgIpc) is 2.94. The van der Waals surface area contributed by atoms with E-state index in [1.165, 1.54) is 4.63 Å². The largest absolute Gasteiger partial charge is 0.354 e. The smallest absolute Gasteiger partial charge is 0.200 e. The number of rotatable bonds is 3. The summed E-state index contributed by atoms with van der Waals surface area (Å²) in [5.41, 5.74) is 2.30. The number of tetrazole rings is 1. The highest BCUT2D eigenvalue weighted by molar-refractivity contribution is 5.44. The van der Waals surface area contributed by atoms with E-state index in [0.29, 0.717) is 17.8 Å². The van der Waals surface area contributed by atoms with Gasteiger partial charge in [0.1, 0.15) is 0 Å². The average molecular weight is 265 g/mol. The van der Waals surface area contributed by atoms with Crippen LogP contribution >= 0.6 is 0 Å². The van der Waals surface area contributed by atoms with Crippen molar-refractivity contribution in [2.75, 3.05) is 11.9 Å². The van der Waals surface area contributed by atoms with E-state index in [1.807, 2.05) is 42.3 Å². The molecule has 0 bridgehead atoms. The second-order valence-corrected chi connectivity index (χ2v) is 4.39. The van der Waals surface area contributed by atoms with E-state index in [1.54, 1.807) is 6.07 Å². The molecule has 0 atom stereocenters. The summed E-state index contributed by atoms with van der Waals surface area (Å²) in [6.07, 6.45) is 0. The van der Waals surface area contributed by atoms with Crippen LogP contribution in [0.3, 0.4) is 0 Å². The summed E-state index contributed by atoms with van der Waals surface area (Å²) in [4.78, 5) is 1.97. The molecule has 0 fully saturated rings. The molecule has 0 saturated carbocycles. The van der Waals surface area contributed by atoms with E-state index >= 15 is 0 Å². The minimum absolute atomic E-state index is 0.605. The molecule has 2 heterocycles. The molecule has 98 valence electrons. The standard InChI is InChI=1S/C13H11N7/c1-19(9-11-4-2-3-10(7-11)8-14)13-6-5-12-15-17-18-20(12)16-13/h2-7H,9H2,1H3. The van der Waals surface area contributed by atoms with Crippen molar-refractivity contribution < 1.29 is 0 Å². The third-order valence-electron chi connectivity index (χ3n) is 2.92. The molecule has 7 heteroatoms. The summed E-state index contributed by atoms with van der Waals surface area (Å²) >= 11 is 0. The topological polar surface area (TPSA) is 83.0 Å². The predicted octanol–water partition coefficient (Wildman–Crippen LogP) is 1.03. The van der Waals surface area contributed by atoms with Crippen LogP contribution in [0.4, 0.5) is 5.82 Å². The van der Waals surface area contributed by atoms with Crippen molar-refractivity contribution in [2.24, 2.45) is 0 Å². The number of benzene rings is 1. The van der Waals surface area contributed by atoms with Crippen molar-refractivity contribution >= 4 is 11.5 Å². The molecule has 0 saturated heterocycles. The maximum absolute atomic E-state index is 8.91. The zero-order valence-electron chi connectivity index (χ0n) is 10.8. The molecule has 20 heavy (non-hydrogen) atoms. The molecule has 0 aliphatic heterocycles. The Morgan fingerprint density at radius 2 is 2.20 bits per heavy atom. The van der Waals surface area contributed by atoms with Gasteiger partial charge in [0.25, 0.3) is 0 Å². The maximum atomic E-state index is 8.91. The normalized spacial score (nSPS) is 10.4. The molecule has 0 radical (unpaired) electrons. The van der Waals surface area contributed by atoms with Crippen LogP contribution in [0.5, 0.6) is 0 Å². The molecule has 2 aromatic heterocycles. The number of nitrogens with zero attached hydrogens (tertiary/aromatic N) is 7. The lowest BCUT2D eigenvalue weighted by Crippen LogP contribution is -2.18. The Hall–Kier alpha value is -3.01. The first-order chi connectivity index (χ1) is 9.76. The Kier molecular flexibility index (Phi) is 2.97. The highest BCUT2D eigenvalue weighted by atomic mass is 15.6. The van der Waals surface area contributed by atoms with Gasteiger partial charge in [-0.2, -0.15) is 5.26 Å². The fraction of sp³-hybridized carbons (Fsp3) is 0.154. The predicted molar refractivity (Wildman–Crippen MR) is 71.8 cm³/mol. The first-order valence-electron chi connectivity index (χ1n) is 6.02. The molecule has 0 unspecified atom stereocenters. The van der Waals surface area contributed by atoms with Crippen molar-refractivity contribution in [3.63, 3.8) is 0 Å². The van der Waals surface area contributed by atoms with Crippen LogP contribution < -0.4 is 4.90 Å². The molecule has 7 nitrogen and oxygen atoms in total. The first-order valence-corrected chi connectivity index (χ1v) is 6.02. The van der Waals surface area contributed by atoms with Crippen LogP contribution in [-0.2, 0) is 6.54 Å². The lowest BCUT2D eigenvalue weighted by Gasteiger charge is -2.17. The molecule has 0 aliphatic rings. The Bertz CT molecular complexity index is 787. The monoisotopic (exact) mass is 265 g/mol. The van der Waals surface area contributed by atoms with Gasteiger partial charge in [-0.1, -0.05) is 12.1 Å². The van der Waals surface area contributed by atoms with Gasteiger partial charge < -0.3 is 4.90 Å². The zero-order chi connectivity index (χ0) is 13.9. The van der Waals surface area contributed by atoms with Crippen molar-refractivity contribution in [1.29, 1.82) is 5.26 Å². The van der Waals surface area contributed by atoms with Crippen LogP contribution in [0, 0.1) is 11.3 Å². The molecule has 3 rings (SSSR count). The van der Waals surface area contributed by atoms with Gasteiger partial charge in [0.05, 0.1) is 11.6 Å². The minimum atomic E-state index is 0.605. The summed E-state index contributed by atoms with van der Waals surface area (Å²) < 4.78 is 1.39. The molecule has 0 aliphatic carbocycles. The molecule has 0 N–H and O–H groups in total. The van der Waals surface area contributed by atoms with Crippen LogP contribution in [-0.4, -0.2) is 32.3 Å². The maximum Gasteiger partial charge on any atom is 0.200 e. The number of hydrogen-bond donors (Lipinski definition) is 0. The fourth-order valence-electron chi connectivity index (χ4n) is 1.94. The van der Waals surface area contributed by atoms with Gasteiger partial charge in [-0.05, 0) is 40.3 Å². The Morgan fingerprint density at radius 1 is 1.30 bits per heavy atom. The summed E-state index contributed by atoms with van der Waals surface area (Å²) in [7, 11) is 1.93. The van der Waals surface area contributed by atoms with Crippen molar-refractivity contribution in [2.45, 2.75) is 6.54 Å². The Balaban J connectivity index is 1.84. The van der Waals surface area contributed by atoms with Gasteiger partial charge in [0.15, 0.2) is 11.5 Å². The molecule has 0 spiro atoms. The summed E-state index contributed by atoms with van der Waals surface area (Å²) in [5.74, 6) is 0.757. The van der Waals surface area contributed by atoms with Crippen LogP contribution in [0.2, 0.25) is 0 Å². The van der Waals surface area contributed by atoms with Gasteiger partial charge in [0, 0.05) is 13.6 Å². The minimum Gasteiger partial charge on any atom is -0.354 e. The van der Waals surface area contributed by atoms with Gasteiger partial charge in [-0.15, -0.1) is 14.8 Å². The lowest BCUT2D eigenvalue weighted by molar-refractivity contribution is 0.720. The second-order valence-electron chi connectivity index (χ2n) is 4.39. The van der Waals surface area contributed by atoms with E-state index < -0.39 is 0 Å². The van der Waals surface area contributed by atoms with Crippen LogP contribution in [0.1, 0.15) is 11.1 Å². The van der Waals surface area contributed by atoms with Gasteiger partial charge >= 0.3 is 0 Å². The fourth-order valence-corrected chi connectivity index (χ4v) is 1.94. The molecule has 0 amide bonds. The van der Waals surface area contributed by atoms with E-state index in [0.717, 1.165) is 11.4 Å². The van der Waals surface area contributed by atoms with Crippen LogP contribution in [0.15, 0.2) is 36.4 Å². The van der Waals surface area contributed by atoms with Gasteiger partial charge in [-0.3, -0.25) is 0 Å². The zero-order valence-corrected chi connectivity index (χ0v) is 10.8. The van der Waals surface area contributed by atoms with Crippen molar-refractivity contribution in [1.82, 2.24) is 25.3 Å². The molecular weight excluding hydrogens is 254 g/mol. The van der Waals surface area contributed by atoms with E-state index in [4.69, 9.17) is 5.26 Å². The summed E-state index contributed by atoms with van der Waals surface area (Å²) in [6, 6.07) is 13.3. The quantitative estimate of drug-likeness (QED) is 0.703. The number of hydrogen-bond acceptors (Lipinski definition) is 6. The second kappa shape index (κ2) is 4.93. The number of nitriles is 1. The van der Waals surface area contributed by atoms with Crippen molar-refractivity contribution in [3.05, 3.63) is 47.5 Å². The summed E-state index contributed by atoms with van der Waals surface area (Å²) in [5, 5.41) is 24.4. The molecular formula is C13H11N7. The van der Waals surface area contributed by atoms with Gasteiger partial charge in [0.2, 0.25) is 0 Å².